The van der Waals surface area contributed by atoms with Crippen LogP contribution in [0.5, 0.6) is 11.6 Å². The fourth-order valence-corrected chi connectivity index (χ4v) is 3.70. The molecule has 0 unspecified atom stereocenters. The van der Waals surface area contributed by atoms with Crippen LogP contribution in [0.4, 0.5) is 14.9 Å². The van der Waals surface area contributed by atoms with Gasteiger partial charge in [-0.1, -0.05) is 0 Å². The SMILES string of the molecule is CC(C)(C)OC(=O)N[C@@H]1CCN(Cc2ccn3ncnc(Oc4ccc(N)cc4F)c23)C1. The minimum Gasteiger partial charge on any atom is -0.444 e. The number of nitrogens with zero attached hydrogens (tertiary/aromatic N) is 4. The number of nitrogens with one attached hydrogen (secondary N) is 1. The fourth-order valence-electron chi connectivity index (χ4n) is 3.70. The number of anilines is 1. The lowest BCUT2D eigenvalue weighted by Gasteiger charge is -2.22. The van der Waals surface area contributed by atoms with Crippen LogP contribution in [-0.2, 0) is 11.3 Å². The standard InChI is InChI=1S/C22H27FN6O3/c1-22(2,3)32-21(30)27-16-7-8-28(12-16)11-14-6-9-29-19(14)20(25-13-26-29)31-18-5-4-15(24)10-17(18)23/h4-6,9-10,13,16H,7-8,11-12,24H2,1-3H3,(H,27,30)/t16-/m1/s1. The van der Waals surface area contributed by atoms with Crippen molar-refractivity contribution >= 4 is 17.3 Å². The molecular weight excluding hydrogens is 415 g/mol. The van der Waals surface area contributed by atoms with Crippen LogP contribution in [0.2, 0.25) is 0 Å². The third-order valence-electron chi connectivity index (χ3n) is 5.05. The third kappa shape index (κ3) is 5.08. The van der Waals surface area contributed by atoms with Crippen LogP contribution in [0, 0.1) is 5.82 Å². The Morgan fingerprint density at radius 3 is 2.91 bits per heavy atom. The summed E-state index contributed by atoms with van der Waals surface area (Å²) in [6.07, 6.45) is 3.58. The molecular formula is C22H27FN6O3. The fraction of sp³-hybridized carbons (Fsp3) is 0.409. The van der Waals surface area contributed by atoms with Crippen molar-refractivity contribution in [3.05, 3.63) is 48.2 Å². The summed E-state index contributed by atoms with van der Waals surface area (Å²) in [7, 11) is 0. The van der Waals surface area contributed by atoms with Crippen molar-refractivity contribution in [2.75, 3.05) is 18.8 Å². The minimum atomic E-state index is -0.564. The van der Waals surface area contributed by atoms with Crippen molar-refractivity contribution in [1.82, 2.24) is 24.8 Å². The van der Waals surface area contributed by atoms with Gasteiger partial charge in [-0.05, 0) is 51.0 Å². The molecule has 4 rings (SSSR count). The highest BCUT2D eigenvalue weighted by Gasteiger charge is 2.27. The Hall–Kier alpha value is -3.40. The van der Waals surface area contributed by atoms with Gasteiger partial charge < -0.3 is 20.5 Å². The zero-order chi connectivity index (χ0) is 22.9. The first-order valence-corrected chi connectivity index (χ1v) is 10.4. The molecule has 3 aromatic rings. The lowest BCUT2D eigenvalue weighted by Crippen LogP contribution is -2.40. The quantitative estimate of drug-likeness (QED) is 0.584. The molecule has 1 aromatic carbocycles. The largest absolute Gasteiger partial charge is 0.444 e. The molecule has 0 radical (unpaired) electrons. The molecule has 1 atom stereocenters. The molecule has 3 N–H and O–H groups in total. The average molecular weight is 442 g/mol. The second kappa shape index (κ2) is 8.62. The molecule has 10 heteroatoms. The van der Waals surface area contributed by atoms with E-state index in [0.29, 0.717) is 24.3 Å². The van der Waals surface area contributed by atoms with Gasteiger partial charge in [-0.2, -0.15) is 10.1 Å². The summed E-state index contributed by atoms with van der Waals surface area (Å²) in [5.41, 5.74) is 7.00. The molecule has 9 nitrogen and oxygen atoms in total. The summed E-state index contributed by atoms with van der Waals surface area (Å²) in [4.78, 5) is 18.5. The molecule has 0 saturated carbocycles. The van der Waals surface area contributed by atoms with Crippen LogP contribution < -0.4 is 15.8 Å². The van der Waals surface area contributed by atoms with E-state index in [1.54, 1.807) is 10.6 Å². The molecule has 0 aliphatic carbocycles. The Morgan fingerprint density at radius 2 is 2.16 bits per heavy atom. The van der Waals surface area contributed by atoms with E-state index in [4.69, 9.17) is 15.2 Å². The van der Waals surface area contributed by atoms with E-state index >= 15 is 0 Å². The Kier molecular flexibility index (Phi) is 5.88. The highest BCUT2D eigenvalue weighted by atomic mass is 19.1. The number of hydrogen-bond acceptors (Lipinski definition) is 7. The Morgan fingerprint density at radius 1 is 1.34 bits per heavy atom. The van der Waals surface area contributed by atoms with Crippen LogP contribution in [-0.4, -0.2) is 50.3 Å². The number of aromatic nitrogens is 3. The number of benzene rings is 1. The van der Waals surface area contributed by atoms with Crippen molar-refractivity contribution in [3.8, 4) is 11.6 Å². The van der Waals surface area contributed by atoms with Crippen molar-refractivity contribution in [2.45, 2.75) is 45.4 Å². The van der Waals surface area contributed by atoms with Crippen LogP contribution in [0.3, 0.4) is 0 Å². The summed E-state index contributed by atoms with van der Waals surface area (Å²) in [5.74, 6) is -0.272. The van der Waals surface area contributed by atoms with Crippen LogP contribution in [0.15, 0.2) is 36.8 Å². The van der Waals surface area contributed by atoms with Crippen molar-refractivity contribution in [2.24, 2.45) is 0 Å². The van der Waals surface area contributed by atoms with Gasteiger partial charge in [0.05, 0.1) is 0 Å². The maximum absolute atomic E-state index is 14.2. The number of nitrogen functional groups attached to an aromatic ring is 1. The summed E-state index contributed by atoms with van der Waals surface area (Å²) < 4.78 is 27.0. The van der Waals surface area contributed by atoms with Gasteiger partial charge >= 0.3 is 6.09 Å². The number of amides is 1. The number of carbonyl (C=O) groups is 1. The molecule has 170 valence electrons. The highest BCUT2D eigenvalue weighted by molar-refractivity contribution is 5.68. The number of carbonyl (C=O) groups excluding carboxylic acids is 1. The molecule has 2 aromatic heterocycles. The average Bonchev–Trinajstić information content (AvgIpc) is 3.30. The van der Waals surface area contributed by atoms with Gasteiger partial charge in [0.2, 0.25) is 5.88 Å². The van der Waals surface area contributed by atoms with Crippen molar-refractivity contribution < 1.29 is 18.7 Å². The van der Waals surface area contributed by atoms with Crippen LogP contribution in [0.1, 0.15) is 32.8 Å². The molecule has 1 aliphatic rings. The van der Waals surface area contributed by atoms with Gasteiger partial charge in [-0.15, -0.1) is 0 Å². The first-order valence-electron chi connectivity index (χ1n) is 10.4. The molecule has 1 amide bonds. The molecule has 1 saturated heterocycles. The molecule has 1 aliphatic heterocycles. The van der Waals surface area contributed by atoms with Crippen LogP contribution >= 0.6 is 0 Å². The van der Waals surface area contributed by atoms with Crippen molar-refractivity contribution in [3.63, 3.8) is 0 Å². The smallest absolute Gasteiger partial charge is 0.407 e. The second-order valence-electron chi connectivity index (χ2n) is 8.86. The predicted molar refractivity (Wildman–Crippen MR) is 117 cm³/mol. The summed E-state index contributed by atoms with van der Waals surface area (Å²) in [6.45, 7) is 7.62. The van der Waals surface area contributed by atoms with E-state index in [0.717, 1.165) is 18.5 Å². The molecule has 1 fully saturated rings. The van der Waals surface area contributed by atoms with Crippen LogP contribution in [0.25, 0.3) is 5.52 Å². The summed E-state index contributed by atoms with van der Waals surface area (Å²) in [5, 5.41) is 7.15. The number of fused-ring (bicyclic) bond motifs is 1. The second-order valence-corrected chi connectivity index (χ2v) is 8.86. The van der Waals surface area contributed by atoms with Gasteiger partial charge in [-0.3, -0.25) is 4.90 Å². The number of rotatable bonds is 5. The third-order valence-corrected chi connectivity index (χ3v) is 5.05. The maximum Gasteiger partial charge on any atom is 0.407 e. The number of halogens is 1. The number of nitrogens with two attached hydrogens (primary N) is 1. The number of alkyl carbamates (subject to hydrolysis) is 1. The predicted octanol–water partition coefficient (Wildman–Crippen LogP) is 3.34. The monoisotopic (exact) mass is 442 g/mol. The topological polar surface area (TPSA) is 107 Å². The van der Waals surface area contributed by atoms with E-state index in [-0.39, 0.29) is 17.7 Å². The van der Waals surface area contributed by atoms with Crippen molar-refractivity contribution in [1.29, 1.82) is 0 Å². The van der Waals surface area contributed by atoms with Gasteiger partial charge in [0.15, 0.2) is 11.6 Å². The van der Waals surface area contributed by atoms with Gasteiger partial charge in [0, 0.05) is 43.6 Å². The lowest BCUT2D eigenvalue weighted by atomic mass is 10.2. The Labute approximate surface area is 185 Å². The first-order chi connectivity index (χ1) is 15.2. The van der Waals surface area contributed by atoms with E-state index in [1.165, 1.54) is 18.5 Å². The number of likely N-dealkylation sites (tertiary alicyclic amines) is 1. The zero-order valence-electron chi connectivity index (χ0n) is 18.3. The normalized spacial score (nSPS) is 16.9. The lowest BCUT2D eigenvalue weighted by molar-refractivity contribution is 0.0505. The molecule has 0 spiro atoms. The molecule has 0 bridgehead atoms. The van der Waals surface area contributed by atoms with E-state index in [2.05, 4.69) is 20.3 Å². The maximum atomic E-state index is 14.2. The summed E-state index contributed by atoms with van der Waals surface area (Å²) in [6, 6.07) is 6.19. The molecule has 3 heterocycles. The van der Waals surface area contributed by atoms with Gasteiger partial charge in [0.1, 0.15) is 17.4 Å². The van der Waals surface area contributed by atoms with Gasteiger partial charge in [-0.25, -0.2) is 13.7 Å². The first kappa shape index (κ1) is 21.8. The highest BCUT2D eigenvalue weighted by Crippen LogP contribution is 2.30. The van der Waals surface area contributed by atoms with E-state index in [1.807, 2.05) is 33.0 Å². The molecule has 32 heavy (non-hydrogen) atoms. The summed E-state index contributed by atoms with van der Waals surface area (Å²) >= 11 is 0. The number of hydrogen-bond donors (Lipinski definition) is 2. The Balaban J connectivity index is 1.47. The Bertz CT molecular complexity index is 1130. The van der Waals surface area contributed by atoms with E-state index in [9.17, 15) is 9.18 Å². The van der Waals surface area contributed by atoms with E-state index < -0.39 is 17.5 Å². The van der Waals surface area contributed by atoms with Gasteiger partial charge in [0.25, 0.3) is 0 Å². The number of ether oxygens (including phenoxy) is 2. The zero-order valence-corrected chi connectivity index (χ0v) is 18.3. The minimum absolute atomic E-state index is 0.00886.